The zero-order valence-electron chi connectivity index (χ0n) is 12.7. The third-order valence-corrected chi connectivity index (χ3v) is 4.11. The van der Waals surface area contributed by atoms with Crippen LogP contribution in [0, 0.1) is 6.92 Å². The summed E-state index contributed by atoms with van der Waals surface area (Å²) in [6, 6.07) is 0.306. The molecule has 1 unspecified atom stereocenters. The maximum Gasteiger partial charge on any atom is 0.203 e. The quantitative estimate of drug-likeness (QED) is 0.885. The van der Waals surface area contributed by atoms with Crippen molar-refractivity contribution in [3.8, 4) is 0 Å². The van der Waals surface area contributed by atoms with E-state index in [1.807, 2.05) is 6.92 Å². The highest BCUT2D eigenvalue weighted by Crippen LogP contribution is 2.31. The molecule has 0 bridgehead atoms. The van der Waals surface area contributed by atoms with E-state index in [4.69, 9.17) is 4.74 Å². The van der Waals surface area contributed by atoms with Gasteiger partial charge in [0.05, 0.1) is 18.3 Å². The van der Waals surface area contributed by atoms with Crippen molar-refractivity contribution in [2.45, 2.75) is 64.5 Å². The molecule has 0 spiro atoms. The number of methoxy groups -OCH3 is 1. The predicted molar refractivity (Wildman–Crippen MR) is 78.7 cm³/mol. The Bertz CT molecular complexity index is 408. The number of nitrogens with one attached hydrogen (secondary N) is 1. The number of hydrogen-bond donors (Lipinski definition) is 1. The Balaban J connectivity index is 2.14. The van der Waals surface area contributed by atoms with E-state index in [1.54, 1.807) is 7.11 Å². The van der Waals surface area contributed by atoms with Crippen LogP contribution >= 0.6 is 0 Å². The molecule has 1 aromatic heterocycles. The van der Waals surface area contributed by atoms with E-state index in [0.717, 1.165) is 11.6 Å². The summed E-state index contributed by atoms with van der Waals surface area (Å²) in [5, 5.41) is 3.68. The van der Waals surface area contributed by atoms with E-state index in [2.05, 4.69) is 34.9 Å². The summed E-state index contributed by atoms with van der Waals surface area (Å²) in [7, 11) is 1.75. The lowest BCUT2D eigenvalue weighted by Gasteiger charge is -2.35. The Morgan fingerprint density at radius 3 is 2.74 bits per heavy atom. The van der Waals surface area contributed by atoms with Crippen LogP contribution in [0.15, 0.2) is 6.20 Å². The van der Waals surface area contributed by atoms with Gasteiger partial charge in [-0.05, 0) is 33.6 Å². The number of rotatable bonds is 5. The third-order valence-electron chi connectivity index (χ3n) is 4.11. The van der Waals surface area contributed by atoms with Crippen LogP contribution in [0.25, 0.3) is 0 Å². The Hall–Kier alpha value is -1.03. The fourth-order valence-corrected chi connectivity index (χ4v) is 2.99. The monoisotopic (exact) mass is 265 g/mol. The molecule has 1 atom stereocenters. The van der Waals surface area contributed by atoms with Crippen molar-refractivity contribution in [2.24, 2.45) is 0 Å². The van der Waals surface area contributed by atoms with E-state index in [9.17, 15) is 0 Å². The van der Waals surface area contributed by atoms with Crippen molar-refractivity contribution in [2.75, 3.05) is 19.0 Å². The highest BCUT2D eigenvalue weighted by Gasteiger charge is 2.28. The molecule has 1 saturated carbocycles. The molecule has 19 heavy (non-hydrogen) atoms. The molecule has 0 aliphatic heterocycles. The van der Waals surface area contributed by atoms with Crippen LogP contribution in [0.2, 0.25) is 0 Å². The number of aryl methyl sites for hydroxylation is 1. The van der Waals surface area contributed by atoms with Gasteiger partial charge in [0.2, 0.25) is 5.95 Å². The lowest BCUT2D eigenvalue weighted by atomic mass is 9.83. The SMILES string of the molecule is COCC(C)n1cc(C)nc1NC1(C)CCCCC1. The Labute approximate surface area is 116 Å². The van der Waals surface area contributed by atoms with Crippen molar-refractivity contribution in [1.29, 1.82) is 0 Å². The minimum atomic E-state index is 0.195. The largest absolute Gasteiger partial charge is 0.383 e. The van der Waals surface area contributed by atoms with Crippen LogP contribution in [-0.4, -0.2) is 28.8 Å². The van der Waals surface area contributed by atoms with Crippen molar-refractivity contribution in [1.82, 2.24) is 9.55 Å². The fraction of sp³-hybridized carbons (Fsp3) is 0.800. The van der Waals surface area contributed by atoms with Gasteiger partial charge in [0.1, 0.15) is 0 Å². The Kier molecular flexibility index (Phi) is 4.50. The first-order valence-electron chi connectivity index (χ1n) is 7.37. The molecule has 0 saturated heterocycles. The van der Waals surface area contributed by atoms with Gasteiger partial charge in [0.15, 0.2) is 0 Å². The molecule has 1 aromatic rings. The van der Waals surface area contributed by atoms with Gasteiger partial charge in [-0.1, -0.05) is 19.3 Å². The number of aromatic nitrogens is 2. The van der Waals surface area contributed by atoms with Gasteiger partial charge in [0.25, 0.3) is 0 Å². The molecule has 1 N–H and O–H groups in total. The first-order chi connectivity index (χ1) is 9.04. The average molecular weight is 265 g/mol. The lowest BCUT2D eigenvalue weighted by Crippen LogP contribution is -2.38. The van der Waals surface area contributed by atoms with E-state index < -0.39 is 0 Å². The summed E-state index contributed by atoms with van der Waals surface area (Å²) in [4.78, 5) is 4.65. The summed E-state index contributed by atoms with van der Waals surface area (Å²) < 4.78 is 7.47. The number of nitrogens with zero attached hydrogens (tertiary/aromatic N) is 2. The van der Waals surface area contributed by atoms with Crippen LogP contribution in [0.1, 0.15) is 57.7 Å². The highest BCUT2D eigenvalue weighted by atomic mass is 16.5. The molecule has 1 aliphatic rings. The fourth-order valence-electron chi connectivity index (χ4n) is 2.99. The van der Waals surface area contributed by atoms with Gasteiger partial charge >= 0.3 is 0 Å². The van der Waals surface area contributed by atoms with Gasteiger partial charge in [-0.3, -0.25) is 0 Å². The van der Waals surface area contributed by atoms with Crippen LogP contribution in [0.4, 0.5) is 5.95 Å². The minimum absolute atomic E-state index is 0.195. The second-order valence-electron chi connectivity index (χ2n) is 6.16. The van der Waals surface area contributed by atoms with Gasteiger partial charge in [-0.2, -0.15) is 0 Å². The maximum absolute atomic E-state index is 5.26. The molecule has 0 aromatic carbocycles. The van der Waals surface area contributed by atoms with E-state index >= 15 is 0 Å². The van der Waals surface area contributed by atoms with E-state index in [0.29, 0.717) is 12.6 Å². The number of anilines is 1. The summed E-state index contributed by atoms with van der Waals surface area (Å²) in [6.45, 7) is 7.24. The van der Waals surface area contributed by atoms with Gasteiger partial charge in [-0.15, -0.1) is 0 Å². The normalized spacial score (nSPS) is 20.2. The molecule has 2 rings (SSSR count). The molecule has 0 radical (unpaired) electrons. The van der Waals surface area contributed by atoms with Crippen molar-refractivity contribution < 1.29 is 4.74 Å². The zero-order valence-corrected chi connectivity index (χ0v) is 12.7. The second kappa shape index (κ2) is 5.95. The highest BCUT2D eigenvalue weighted by molar-refractivity contribution is 5.33. The van der Waals surface area contributed by atoms with E-state index in [-0.39, 0.29) is 5.54 Å². The number of ether oxygens (including phenoxy) is 1. The maximum atomic E-state index is 5.26. The predicted octanol–water partition coefficient (Wildman–Crippen LogP) is 3.53. The van der Waals surface area contributed by atoms with Crippen LogP contribution in [-0.2, 0) is 4.74 Å². The summed E-state index contributed by atoms with van der Waals surface area (Å²) in [5.41, 5.74) is 1.26. The Morgan fingerprint density at radius 2 is 2.11 bits per heavy atom. The molecule has 4 heteroatoms. The van der Waals surface area contributed by atoms with Crippen LogP contribution in [0.3, 0.4) is 0 Å². The molecule has 1 aliphatic carbocycles. The van der Waals surface area contributed by atoms with Gasteiger partial charge < -0.3 is 14.6 Å². The summed E-state index contributed by atoms with van der Waals surface area (Å²) >= 11 is 0. The topological polar surface area (TPSA) is 39.1 Å². The molecule has 108 valence electrons. The molecule has 1 heterocycles. The molecule has 1 fully saturated rings. The van der Waals surface area contributed by atoms with Gasteiger partial charge in [-0.25, -0.2) is 4.98 Å². The van der Waals surface area contributed by atoms with Crippen molar-refractivity contribution in [3.05, 3.63) is 11.9 Å². The second-order valence-corrected chi connectivity index (χ2v) is 6.16. The van der Waals surface area contributed by atoms with Gasteiger partial charge in [0, 0.05) is 18.8 Å². The average Bonchev–Trinajstić information content (AvgIpc) is 2.70. The lowest BCUT2D eigenvalue weighted by molar-refractivity contribution is 0.162. The standard InChI is InChI=1S/C15H27N3O/c1-12-10-18(13(2)11-19-4)14(16-12)17-15(3)8-6-5-7-9-15/h10,13H,5-9,11H2,1-4H3,(H,16,17). The van der Waals surface area contributed by atoms with Crippen LogP contribution in [0.5, 0.6) is 0 Å². The molecular formula is C15H27N3O. The molecular weight excluding hydrogens is 238 g/mol. The first kappa shape index (κ1) is 14.4. The minimum Gasteiger partial charge on any atom is -0.383 e. The summed E-state index contributed by atoms with van der Waals surface area (Å²) in [6.07, 6.45) is 8.58. The zero-order chi connectivity index (χ0) is 13.9. The third kappa shape index (κ3) is 3.50. The van der Waals surface area contributed by atoms with E-state index in [1.165, 1.54) is 32.1 Å². The number of hydrogen-bond acceptors (Lipinski definition) is 3. The Morgan fingerprint density at radius 1 is 1.42 bits per heavy atom. The number of imidazole rings is 1. The molecule has 4 nitrogen and oxygen atoms in total. The van der Waals surface area contributed by atoms with Crippen LogP contribution < -0.4 is 5.32 Å². The van der Waals surface area contributed by atoms with Crippen molar-refractivity contribution >= 4 is 5.95 Å². The summed E-state index contributed by atoms with van der Waals surface area (Å²) in [5.74, 6) is 0.992. The van der Waals surface area contributed by atoms with Crippen molar-refractivity contribution in [3.63, 3.8) is 0 Å². The first-order valence-corrected chi connectivity index (χ1v) is 7.37. The smallest absolute Gasteiger partial charge is 0.203 e. The molecule has 0 amide bonds.